The molecule has 0 atom stereocenters. The van der Waals surface area contributed by atoms with Crippen LogP contribution in [0.15, 0.2) is 45.7 Å². The Kier molecular flexibility index (Phi) is 4.37. The van der Waals surface area contributed by atoms with Gasteiger partial charge in [-0.25, -0.2) is 9.78 Å². The highest BCUT2D eigenvalue weighted by molar-refractivity contribution is 5.80. The van der Waals surface area contributed by atoms with E-state index in [0.29, 0.717) is 16.8 Å². The van der Waals surface area contributed by atoms with Gasteiger partial charge in [0.2, 0.25) is 0 Å². The molecule has 1 aliphatic heterocycles. The second kappa shape index (κ2) is 7.06. The Morgan fingerprint density at radius 1 is 1.14 bits per heavy atom. The van der Waals surface area contributed by atoms with Gasteiger partial charge in [-0.15, -0.1) is 0 Å². The number of hydrogen-bond acceptors (Lipinski definition) is 6. The number of hydrogen-bond donors (Lipinski definition) is 2. The molecule has 8 heteroatoms. The van der Waals surface area contributed by atoms with Crippen LogP contribution in [0.25, 0.3) is 28.0 Å². The summed E-state index contributed by atoms with van der Waals surface area (Å²) in [4.78, 5) is 24.0. The molecule has 1 fully saturated rings. The Morgan fingerprint density at radius 3 is 2.72 bits per heavy atom. The van der Waals surface area contributed by atoms with Crippen molar-refractivity contribution in [3.63, 3.8) is 0 Å². The highest BCUT2D eigenvalue weighted by atomic mass is 16.4. The maximum absolute atomic E-state index is 11.5. The molecule has 5 rings (SSSR count). The van der Waals surface area contributed by atoms with Crippen molar-refractivity contribution in [2.45, 2.75) is 13.5 Å². The van der Waals surface area contributed by atoms with Gasteiger partial charge in [-0.1, -0.05) is 13.0 Å². The fourth-order valence-electron chi connectivity index (χ4n) is 4.06. The molecule has 1 saturated heterocycles. The molecule has 1 aliphatic rings. The minimum absolute atomic E-state index is 0.450. The predicted octanol–water partition coefficient (Wildman–Crippen LogP) is 2.16. The summed E-state index contributed by atoms with van der Waals surface area (Å²) in [6.45, 7) is 8.27. The van der Waals surface area contributed by atoms with Crippen molar-refractivity contribution in [2.24, 2.45) is 0 Å². The second-order valence-corrected chi connectivity index (χ2v) is 7.53. The van der Waals surface area contributed by atoms with Crippen LogP contribution in [0.4, 0.5) is 5.69 Å². The number of anilines is 1. The van der Waals surface area contributed by atoms with E-state index in [1.54, 1.807) is 0 Å². The predicted molar refractivity (Wildman–Crippen MR) is 113 cm³/mol. The third kappa shape index (κ3) is 3.30. The number of H-pyrrole nitrogens is 1. The zero-order chi connectivity index (χ0) is 20.0. The average molecular weight is 392 g/mol. The van der Waals surface area contributed by atoms with Crippen molar-refractivity contribution in [2.75, 3.05) is 38.5 Å². The Balaban J connectivity index is 1.58. The van der Waals surface area contributed by atoms with Crippen molar-refractivity contribution in [1.29, 1.82) is 0 Å². The summed E-state index contributed by atoms with van der Waals surface area (Å²) >= 11 is 0. The molecule has 4 heterocycles. The number of piperazine rings is 1. The highest BCUT2D eigenvalue weighted by Crippen LogP contribution is 2.29. The summed E-state index contributed by atoms with van der Waals surface area (Å²) < 4.78 is 7.33. The van der Waals surface area contributed by atoms with Crippen LogP contribution in [0.3, 0.4) is 0 Å². The molecular weight excluding hydrogens is 368 g/mol. The van der Waals surface area contributed by atoms with E-state index in [1.165, 1.54) is 0 Å². The molecule has 0 unspecified atom stereocenters. The Morgan fingerprint density at radius 2 is 1.93 bits per heavy atom. The number of likely N-dealkylation sites (N-methyl/N-ethyl adjacent to an activating group) is 1. The number of oxazole rings is 1. The van der Waals surface area contributed by atoms with Crippen LogP contribution >= 0.6 is 0 Å². The standard InChI is InChI=1S/C21H24N6O2/c1-2-25-7-9-26(10-8-25)13-17-20(24-19-6-4-15(22)12-27(17)19)14-3-5-16-18(11-14)29-21(28)23-16/h3-6,11-12H,2,7-10,13,22H2,1H3,(H,23,28). The minimum atomic E-state index is -0.450. The van der Waals surface area contributed by atoms with E-state index in [-0.39, 0.29) is 0 Å². The number of rotatable bonds is 4. The van der Waals surface area contributed by atoms with Crippen LogP contribution in [0.5, 0.6) is 0 Å². The molecule has 8 nitrogen and oxygen atoms in total. The fourth-order valence-corrected chi connectivity index (χ4v) is 4.06. The number of benzene rings is 1. The molecule has 0 saturated carbocycles. The lowest BCUT2D eigenvalue weighted by Gasteiger charge is -2.34. The molecule has 29 heavy (non-hydrogen) atoms. The molecule has 1 aromatic carbocycles. The molecule has 0 spiro atoms. The first-order valence-corrected chi connectivity index (χ1v) is 9.95. The number of pyridine rings is 1. The smallest absolute Gasteiger partial charge is 0.408 e. The molecule has 0 aliphatic carbocycles. The Bertz CT molecular complexity index is 1230. The number of nitrogens with one attached hydrogen (secondary N) is 1. The lowest BCUT2D eigenvalue weighted by molar-refractivity contribution is 0.131. The molecule has 4 aromatic rings. The van der Waals surface area contributed by atoms with Gasteiger partial charge in [0.05, 0.1) is 16.9 Å². The summed E-state index contributed by atoms with van der Waals surface area (Å²) in [6.07, 6.45) is 1.93. The molecule has 0 radical (unpaired) electrons. The summed E-state index contributed by atoms with van der Waals surface area (Å²) in [6, 6.07) is 9.50. The zero-order valence-electron chi connectivity index (χ0n) is 16.4. The Hall–Kier alpha value is -3.10. The number of nitrogen functional groups attached to an aromatic ring is 1. The molecule has 0 bridgehead atoms. The van der Waals surface area contributed by atoms with Crippen LogP contribution in [0, 0.1) is 0 Å². The van der Waals surface area contributed by atoms with E-state index in [4.69, 9.17) is 15.1 Å². The highest BCUT2D eigenvalue weighted by Gasteiger charge is 2.21. The first-order chi connectivity index (χ1) is 14.1. The van der Waals surface area contributed by atoms with Gasteiger partial charge in [-0.05, 0) is 30.8 Å². The largest absolute Gasteiger partial charge is 0.417 e. The summed E-state index contributed by atoms with van der Waals surface area (Å²) in [7, 11) is 0. The number of nitrogens with zero attached hydrogens (tertiary/aromatic N) is 4. The average Bonchev–Trinajstić information content (AvgIpc) is 3.27. The molecule has 150 valence electrons. The topological polar surface area (TPSA) is 95.8 Å². The van der Waals surface area contributed by atoms with Crippen LogP contribution in [0.2, 0.25) is 0 Å². The van der Waals surface area contributed by atoms with E-state index >= 15 is 0 Å². The van der Waals surface area contributed by atoms with Crippen molar-refractivity contribution in [1.82, 2.24) is 24.2 Å². The van der Waals surface area contributed by atoms with E-state index < -0.39 is 5.76 Å². The maximum Gasteiger partial charge on any atom is 0.417 e. The first kappa shape index (κ1) is 18.0. The van der Waals surface area contributed by atoms with E-state index in [2.05, 4.69) is 26.1 Å². The Labute approximate surface area is 167 Å². The molecule has 3 N–H and O–H groups in total. The van der Waals surface area contributed by atoms with Gasteiger partial charge in [0.25, 0.3) is 0 Å². The minimum Gasteiger partial charge on any atom is -0.408 e. The second-order valence-electron chi connectivity index (χ2n) is 7.53. The van der Waals surface area contributed by atoms with E-state index in [1.807, 2.05) is 36.5 Å². The molecule has 0 amide bonds. The zero-order valence-corrected chi connectivity index (χ0v) is 16.4. The lowest BCUT2D eigenvalue weighted by Crippen LogP contribution is -2.45. The van der Waals surface area contributed by atoms with Crippen LogP contribution in [-0.4, -0.2) is 56.9 Å². The van der Waals surface area contributed by atoms with Gasteiger partial charge >= 0.3 is 5.76 Å². The fraction of sp³-hybridized carbons (Fsp3) is 0.333. The molecular formula is C21H24N6O2. The van der Waals surface area contributed by atoms with Crippen molar-refractivity contribution in [3.05, 3.63) is 52.8 Å². The maximum atomic E-state index is 11.5. The van der Waals surface area contributed by atoms with Gasteiger partial charge in [-0.2, -0.15) is 0 Å². The van der Waals surface area contributed by atoms with Gasteiger partial charge in [0.1, 0.15) is 5.65 Å². The number of fused-ring (bicyclic) bond motifs is 2. The number of aromatic nitrogens is 3. The number of aromatic amines is 1. The number of nitrogens with two attached hydrogens (primary N) is 1. The van der Waals surface area contributed by atoms with Crippen LogP contribution < -0.4 is 11.5 Å². The first-order valence-electron chi connectivity index (χ1n) is 9.95. The SMILES string of the molecule is CCN1CCN(Cc2c(-c3ccc4[nH]c(=O)oc4c3)nc3ccc(N)cn23)CC1. The normalized spacial score (nSPS) is 16.2. The third-order valence-electron chi connectivity index (χ3n) is 5.72. The van der Waals surface area contributed by atoms with Gasteiger partial charge in [-0.3, -0.25) is 9.88 Å². The van der Waals surface area contributed by atoms with Crippen molar-refractivity contribution >= 4 is 22.4 Å². The number of imidazole rings is 1. The summed E-state index contributed by atoms with van der Waals surface area (Å²) in [5, 5.41) is 0. The summed E-state index contributed by atoms with van der Waals surface area (Å²) in [5.74, 6) is -0.450. The van der Waals surface area contributed by atoms with Crippen molar-refractivity contribution < 1.29 is 4.42 Å². The monoisotopic (exact) mass is 392 g/mol. The van der Waals surface area contributed by atoms with Gasteiger partial charge < -0.3 is 19.5 Å². The lowest BCUT2D eigenvalue weighted by atomic mass is 10.1. The van der Waals surface area contributed by atoms with Gasteiger partial charge in [0.15, 0.2) is 5.58 Å². The van der Waals surface area contributed by atoms with E-state index in [0.717, 1.165) is 61.9 Å². The summed E-state index contributed by atoms with van der Waals surface area (Å²) in [5.41, 5.74) is 11.7. The van der Waals surface area contributed by atoms with Crippen LogP contribution in [0.1, 0.15) is 12.6 Å². The van der Waals surface area contributed by atoms with Gasteiger partial charge in [0, 0.05) is 50.2 Å². The molecule has 3 aromatic heterocycles. The van der Waals surface area contributed by atoms with Crippen molar-refractivity contribution in [3.8, 4) is 11.3 Å². The van der Waals surface area contributed by atoms with E-state index in [9.17, 15) is 4.79 Å². The quantitative estimate of drug-likeness (QED) is 0.553. The van der Waals surface area contributed by atoms with Crippen LogP contribution in [-0.2, 0) is 6.54 Å². The third-order valence-corrected chi connectivity index (χ3v) is 5.72.